The van der Waals surface area contributed by atoms with E-state index < -0.39 is 10.0 Å². The topological polar surface area (TPSA) is 82.5 Å². The Kier molecular flexibility index (Phi) is 4.07. The minimum atomic E-state index is -3.68. The first-order valence-electron chi connectivity index (χ1n) is 6.28. The van der Waals surface area contributed by atoms with Crippen molar-refractivity contribution in [2.75, 3.05) is 25.5 Å². The number of pyridine rings is 1. The summed E-state index contributed by atoms with van der Waals surface area (Å²) in [5.41, 5.74) is 0.471. The molecule has 1 saturated heterocycles. The maximum atomic E-state index is 12.6. The summed E-state index contributed by atoms with van der Waals surface area (Å²) in [6.07, 6.45) is 2.22. The average molecular weight is 285 g/mol. The lowest BCUT2D eigenvalue weighted by molar-refractivity contribution is 0.191. The Hall–Kier alpha value is -1.18. The standard InChI is InChI=1S/C12H19N3O3S/c1-9-5-7-15(11(9)8-16)19(17,18)12-10(13-2)4-3-6-14-12/h3-4,6,9,11,13,16H,5,7-8H2,1-2H3. The predicted molar refractivity (Wildman–Crippen MR) is 72.3 cm³/mol. The summed E-state index contributed by atoms with van der Waals surface area (Å²) >= 11 is 0. The Morgan fingerprint density at radius 3 is 2.95 bits per heavy atom. The van der Waals surface area contributed by atoms with Gasteiger partial charge in [0.05, 0.1) is 18.3 Å². The van der Waals surface area contributed by atoms with Gasteiger partial charge in [0.15, 0.2) is 5.03 Å². The summed E-state index contributed by atoms with van der Waals surface area (Å²) in [7, 11) is -2.02. The van der Waals surface area contributed by atoms with E-state index >= 15 is 0 Å². The Bertz CT molecular complexity index is 547. The van der Waals surface area contributed by atoms with Crippen molar-refractivity contribution >= 4 is 15.7 Å². The third kappa shape index (κ3) is 2.45. The van der Waals surface area contributed by atoms with Crippen molar-refractivity contribution in [3.05, 3.63) is 18.3 Å². The van der Waals surface area contributed by atoms with Gasteiger partial charge in [0, 0.05) is 19.8 Å². The van der Waals surface area contributed by atoms with Gasteiger partial charge in [-0.15, -0.1) is 0 Å². The van der Waals surface area contributed by atoms with Crippen molar-refractivity contribution in [2.45, 2.75) is 24.4 Å². The number of anilines is 1. The lowest BCUT2D eigenvalue weighted by Crippen LogP contribution is -2.40. The van der Waals surface area contributed by atoms with Gasteiger partial charge in [-0.2, -0.15) is 4.31 Å². The van der Waals surface area contributed by atoms with E-state index in [9.17, 15) is 13.5 Å². The smallest absolute Gasteiger partial charge is 0.262 e. The van der Waals surface area contributed by atoms with E-state index in [1.165, 1.54) is 10.5 Å². The molecule has 7 heteroatoms. The molecule has 0 saturated carbocycles. The quantitative estimate of drug-likeness (QED) is 0.842. The molecule has 0 aliphatic carbocycles. The number of nitrogens with zero attached hydrogens (tertiary/aromatic N) is 2. The highest BCUT2D eigenvalue weighted by Gasteiger charge is 2.40. The third-order valence-electron chi connectivity index (χ3n) is 3.61. The van der Waals surface area contributed by atoms with Gasteiger partial charge in [-0.1, -0.05) is 6.92 Å². The molecule has 1 aliphatic heterocycles. The number of rotatable bonds is 4. The van der Waals surface area contributed by atoms with Crippen molar-refractivity contribution in [1.82, 2.24) is 9.29 Å². The maximum Gasteiger partial charge on any atom is 0.262 e. The second kappa shape index (κ2) is 5.44. The van der Waals surface area contributed by atoms with Gasteiger partial charge in [-0.05, 0) is 24.5 Å². The second-order valence-corrected chi connectivity index (χ2v) is 6.54. The van der Waals surface area contributed by atoms with Crippen molar-refractivity contribution in [3.8, 4) is 0 Å². The highest BCUT2D eigenvalue weighted by Crippen LogP contribution is 2.31. The Balaban J connectivity index is 2.43. The molecular weight excluding hydrogens is 266 g/mol. The summed E-state index contributed by atoms with van der Waals surface area (Å²) in [5, 5.41) is 12.3. The Morgan fingerprint density at radius 1 is 1.58 bits per heavy atom. The SMILES string of the molecule is CNc1cccnc1S(=O)(=O)N1CCC(C)C1CO. The van der Waals surface area contributed by atoms with Crippen molar-refractivity contribution in [3.63, 3.8) is 0 Å². The van der Waals surface area contributed by atoms with Crippen LogP contribution in [-0.4, -0.2) is 49.1 Å². The van der Waals surface area contributed by atoms with Gasteiger partial charge in [0.2, 0.25) is 0 Å². The molecule has 2 heterocycles. The molecule has 0 bridgehead atoms. The van der Waals surface area contributed by atoms with E-state index in [2.05, 4.69) is 10.3 Å². The fourth-order valence-corrected chi connectivity index (χ4v) is 4.28. The van der Waals surface area contributed by atoms with Gasteiger partial charge in [0.25, 0.3) is 10.0 Å². The summed E-state index contributed by atoms with van der Waals surface area (Å²) in [5.74, 6) is 0.154. The van der Waals surface area contributed by atoms with Crippen molar-refractivity contribution < 1.29 is 13.5 Å². The molecule has 2 N–H and O–H groups in total. The lowest BCUT2D eigenvalue weighted by atomic mass is 10.0. The zero-order chi connectivity index (χ0) is 14.0. The van der Waals surface area contributed by atoms with Crippen LogP contribution in [0.1, 0.15) is 13.3 Å². The summed E-state index contributed by atoms with van der Waals surface area (Å²) in [6, 6.07) is 2.99. The van der Waals surface area contributed by atoms with E-state index in [-0.39, 0.29) is 23.6 Å². The number of aliphatic hydroxyl groups excluding tert-OH is 1. The van der Waals surface area contributed by atoms with Crippen LogP contribution in [0.15, 0.2) is 23.4 Å². The summed E-state index contributed by atoms with van der Waals surface area (Å²) < 4.78 is 26.6. The molecule has 19 heavy (non-hydrogen) atoms. The van der Waals surface area contributed by atoms with Crippen LogP contribution in [-0.2, 0) is 10.0 Å². The molecule has 1 aliphatic rings. The van der Waals surface area contributed by atoms with Crippen LogP contribution < -0.4 is 5.32 Å². The van der Waals surface area contributed by atoms with Crippen LogP contribution in [0.2, 0.25) is 0 Å². The number of sulfonamides is 1. The Labute approximate surface area is 113 Å². The highest BCUT2D eigenvalue weighted by atomic mass is 32.2. The number of aromatic nitrogens is 1. The highest BCUT2D eigenvalue weighted by molar-refractivity contribution is 7.89. The fraction of sp³-hybridized carbons (Fsp3) is 0.583. The molecule has 2 rings (SSSR count). The van der Waals surface area contributed by atoms with Crippen molar-refractivity contribution in [2.24, 2.45) is 5.92 Å². The molecule has 1 aromatic heterocycles. The minimum Gasteiger partial charge on any atom is -0.395 e. The van der Waals surface area contributed by atoms with E-state index in [1.807, 2.05) is 6.92 Å². The lowest BCUT2D eigenvalue weighted by Gasteiger charge is -2.24. The molecule has 0 radical (unpaired) electrons. The monoisotopic (exact) mass is 285 g/mol. The van der Waals surface area contributed by atoms with Crippen LogP contribution in [0.25, 0.3) is 0 Å². The number of hydrogen-bond donors (Lipinski definition) is 2. The number of nitrogens with one attached hydrogen (secondary N) is 1. The van der Waals surface area contributed by atoms with Gasteiger partial charge in [-0.25, -0.2) is 13.4 Å². The minimum absolute atomic E-state index is 0.0186. The van der Waals surface area contributed by atoms with Crippen LogP contribution in [0.4, 0.5) is 5.69 Å². The van der Waals surface area contributed by atoms with E-state index in [0.29, 0.717) is 12.2 Å². The third-order valence-corrected chi connectivity index (χ3v) is 5.50. The molecule has 106 valence electrons. The molecule has 0 aromatic carbocycles. The first kappa shape index (κ1) is 14.2. The zero-order valence-electron chi connectivity index (χ0n) is 11.1. The summed E-state index contributed by atoms with van der Waals surface area (Å²) in [4.78, 5) is 3.99. The van der Waals surface area contributed by atoms with Crippen LogP contribution in [0.5, 0.6) is 0 Å². The van der Waals surface area contributed by atoms with Gasteiger partial charge >= 0.3 is 0 Å². The largest absolute Gasteiger partial charge is 0.395 e. The Morgan fingerprint density at radius 2 is 2.32 bits per heavy atom. The first-order chi connectivity index (χ1) is 9.02. The fourth-order valence-electron chi connectivity index (χ4n) is 2.44. The van der Waals surface area contributed by atoms with Gasteiger partial charge in [-0.3, -0.25) is 0 Å². The first-order valence-corrected chi connectivity index (χ1v) is 7.72. The average Bonchev–Trinajstić information content (AvgIpc) is 2.80. The number of hydrogen-bond acceptors (Lipinski definition) is 5. The summed E-state index contributed by atoms with van der Waals surface area (Å²) in [6.45, 7) is 2.21. The van der Waals surface area contributed by atoms with E-state index in [0.717, 1.165) is 6.42 Å². The molecule has 0 amide bonds. The molecule has 1 fully saturated rings. The predicted octanol–water partition coefficient (Wildman–Crippen LogP) is 0.515. The maximum absolute atomic E-state index is 12.6. The number of aliphatic hydroxyl groups is 1. The molecule has 2 unspecified atom stereocenters. The molecule has 1 aromatic rings. The van der Waals surface area contributed by atoms with E-state index in [4.69, 9.17) is 0 Å². The molecular formula is C12H19N3O3S. The molecule has 2 atom stereocenters. The van der Waals surface area contributed by atoms with Crippen LogP contribution in [0, 0.1) is 5.92 Å². The van der Waals surface area contributed by atoms with Crippen LogP contribution in [0.3, 0.4) is 0 Å². The van der Waals surface area contributed by atoms with Gasteiger partial charge < -0.3 is 10.4 Å². The van der Waals surface area contributed by atoms with Gasteiger partial charge in [0.1, 0.15) is 0 Å². The van der Waals surface area contributed by atoms with Crippen molar-refractivity contribution in [1.29, 1.82) is 0 Å². The molecule has 0 spiro atoms. The zero-order valence-corrected chi connectivity index (χ0v) is 11.9. The normalized spacial score (nSPS) is 24.6. The van der Waals surface area contributed by atoms with E-state index in [1.54, 1.807) is 19.2 Å². The van der Waals surface area contributed by atoms with Crippen LogP contribution >= 0.6 is 0 Å². The molecule has 6 nitrogen and oxygen atoms in total. The second-order valence-electron chi connectivity index (χ2n) is 4.74.